The number of hydrogen-bond donors (Lipinski definition) is 0. The van der Waals surface area contributed by atoms with Gasteiger partial charge in [0.1, 0.15) is 0 Å². The first-order chi connectivity index (χ1) is 12.5. The summed E-state index contributed by atoms with van der Waals surface area (Å²) in [4.78, 5) is 23.5. The molecular weight excluding hydrogens is 336 g/mol. The highest BCUT2D eigenvalue weighted by Gasteiger charge is 2.47. The SMILES string of the molecule is CCCC1(CCCCCCCCCC(OC)(OC)OC)CC(=O)OC1=O. The Labute approximate surface area is 157 Å². The molecule has 26 heavy (non-hydrogen) atoms. The predicted molar refractivity (Wildman–Crippen MR) is 98.4 cm³/mol. The van der Waals surface area contributed by atoms with Crippen molar-refractivity contribution in [3.63, 3.8) is 0 Å². The topological polar surface area (TPSA) is 71.1 Å². The minimum absolute atomic E-state index is 0.264. The van der Waals surface area contributed by atoms with E-state index in [1.807, 2.05) is 6.92 Å². The summed E-state index contributed by atoms with van der Waals surface area (Å²) in [5, 5.41) is 0. The molecule has 0 spiro atoms. The normalized spacial score (nSPS) is 20.6. The molecule has 152 valence electrons. The van der Waals surface area contributed by atoms with Crippen molar-refractivity contribution < 1.29 is 28.5 Å². The standard InChI is InChI=1S/C20H36O6/c1-5-13-19(16-17(21)26-18(19)22)14-11-9-7-6-8-10-12-15-20(23-2,24-3)25-4/h5-16H2,1-4H3. The highest BCUT2D eigenvalue weighted by Crippen LogP contribution is 2.40. The molecule has 0 aromatic rings. The van der Waals surface area contributed by atoms with Gasteiger partial charge in [0.15, 0.2) is 0 Å². The molecule has 1 rings (SSSR count). The summed E-state index contributed by atoms with van der Waals surface area (Å²) in [7, 11) is 4.77. The van der Waals surface area contributed by atoms with Gasteiger partial charge in [-0.1, -0.05) is 51.9 Å². The third kappa shape index (κ3) is 6.63. The fourth-order valence-electron chi connectivity index (χ4n) is 3.83. The van der Waals surface area contributed by atoms with Gasteiger partial charge in [-0.05, 0) is 19.3 Å². The number of esters is 2. The summed E-state index contributed by atoms with van der Waals surface area (Å²) < 4.78 is 20.7. The lowest BCUT2D eigenvalue weighted by Gasteiger charge is -2.28. The van der Waals surface area contributed by atoms with Crippen LogP contribution in [0.4, 0.5) is 0 Å². The van der Waals surface area contributed by atoms with Gasteiger partial charge in [-0.15, -0.1) is 0 Å². The monoisotopic (exact) mass is 372 g/mol. The molecule has 1 atom stereocenters. The second kappa shape index (κ2) is 11.7. The number of carbonyl (C=O) groups is 2. The number of rotatable bonds is 15. The van der Waals surface area contributed by atoms with E-state index in [1.54, 1.807) is 21.3 Å². The molecule has 0 aromatic heterocycles. The Morgan fingerprint density at radius 3 is 1.88 bits per heavy atom. The van der Waals surface area contributed by atoms with Crippen LogP contribution >= 0.6 is 0 Å². The van der Waals surface area contributed by atoms with E-state index in [0.29, 0.717) is 6.42 Å². The lowest BCUT2D eigenvalue weighted by Crippen LogP contribution is -2.35. The molecule has 1 aliphatic rings. The van der Waals surface area contributed by atoms with Crippen LogP contribution in [0.2, 0.25) is 0 Å². The third-order valence-electron chi connectivity index (χ3n) is 5.42. The Bertz CT molecular complexity index is 424. The van der Waals surface area contributed by atoms with E-state index in [-0.39, 0.29) is 18.4 Å². The number of hydrogen-bond acceptors (Lipinski definition) is 6. The Morgan fingerprint density at radius 2 is 1.42 bits per heavy atom. The second-order valence-corrected chi connectivity index (χ2v) is 7.24. The van der Waals surface area contributed by atoms with E-state index < -0.39 is 11.4 Å². The van der Waals surface area contributed by atoms with Crippen LogP contribution in [-0.4, -0.2) is 39.2 Å². The molecule has 1 aliphatic heterocycles. The van der Waals surface area contributed by atoms with Crippen LogP contribution in [-0.2, 0) is 28.5 Å². The van der Waals surface area contributed by atoms with E-state index in [2.05, 4.69) is 0 Å². The third-order valence-corrected chi connectivity index (χ3v) is 5.42. The molecule has 0 N–H and O–H groups in total. The van der Waals surface area contributed by atoms with Crippen LogP contribution < -0.4 is 0 Å². The van der Waals surface area contributed by atoms with Crippen molar-refractivity contribution in [3.8, 4) is 0 Å². The number of unbranched alkanes of at least 4 members (excludes halogenated alkanes) is 6. The predicted octanol–water partition coefficient (Wildman–Crippen LogP) is 4.35. The fraction of sp³-hybridized carbons (Fsp3) is 0.900. The van der Waals surface area contributed by atoms with Crippen LogP contribution in [0.3, 0.4) is 0 Å². The number of methoxy groups -OCH3 is 3. The van der Waals surface area contributed by atoms with Gasteiger partial charge in [0.05, 0.1) is 11.8 Å². The molecular formula is C20H36O6. The highest BCUT2D eigenvalue weighted by atomic mass is 16.9. The minimum Gasteiger partial charge on any atom is -0.393 e. The summed E-state index contributed by atoms with van der Waals surface area (Å²) >= 11 is 0. The van der Waals surface area contributed by atoms with E-state index in [4.69, 9.17) is 18.9 Å². The van der Waals surface area contributed by atoms with Crippen LogP contribution in [0, 0.1) is 5.41 Å². The molecule has 0 aromatic carbocycles. The number of carbonyl (C=O) groups excluding carboxylic acids is 2. The van der Waals surface area contributed by atoms with Gasteiger partial charge in [0.2, 0.25) is 0 Å². The van der Waals surface area contributed by atoms with Gasteiger partial charge in [-0.2, -0.15) is 0 Å². The highest BCUT2D eigenvalue weighted by molar-refractivity contribution is 5.97. The van der Waals surface area contributed by atoms with Crippen molar-refractivity contribution in [3.05, 3.63) is 0 Å². The molecule has 0 radical (unpaired) electrons. The molecule has 1 saturated heterocycles. The molecule has 0 aliphatic carbocycles. The Morgan fingerprint density at radius 1 is 0.885 bits per heavy atom. The lowest BCUT2D eigenvalue weighted by atomic mass is 9.77. The Hall–Kier alpha value is -0.980. The molecule has 0 amide bonds. The number of ether oxygens (including phenoxy) is 4. The average Bonchev–Trinajstić information content (AvgIpc) is 2.91. The maximum Gasteiger partial charge on any atom is 0.320 e. The van der Waals surface area contributed by atoms with Crippen LogP contribution in [0.1, 0.15) is 84.0 Å². The largest absolute Gasteiger partial charge is 0.393 e. The molecule has 0 bridgehead atoms. The van der Waals surface area contributed by atoms with Gasteiger partial charge in [-0.3, -0.25) is 9.59 Å². The summed E-state index contributed by atoms with van der Waals surface area (Å²) in [6.07, 6.45) is 11.0. The van der Waals surface area contributed by atoms with Crippen molar-refractivity contribution in [1.29, 1.82) is 0 Å². The fourth-order valence-corrected chi connectivity index (χ4v) is 3.83. The summed E-state index contributed by atoms with van der Waals surface area (Å²) in [6, 6.07) is 0. The van der Waals surface area contributed by atoms with Crippen molar-refractivity contribution in [2.24, 2.45) is 5.41 Å². The maximum absolute atomic E-state index is 12.0. The summed E-state index contributed by atoms with van der Waals surface area (Å²) in [5.74, 6) is -1.58. The first-order valence-corrected chi connectivity index (χ1v) is 9.88. The van der Waals surface area contributed by atoms with Gasteiger partial charge in [-0.25, -0.2) is 0 Å². The number of cyclic esters (lactones) is 2. The molecule has 1 heterocycles. The van der Waals surface area contributed by atoms with Crippen molar-refractivity contribution >= 4 is 11.9 Å². The minimum atomic E-state index is -0.916. The first-order valence-electron chi connectivity index (χ1n) is 9.88. The zero-order chi connectivity index (χ0) is 19.5. The molecule has 0 saturated carbocycles. The van der Waals surface area contributed by atoms with Gasteiger partial charge in [0.25, 0.3) is 5.97 Å². The smallest absolute Gasteiger partial charge is 0.320 e. The molecule has 1 fully saturated rings. The average molecular weight is 373 g/mol. The van der Waals surface area contributed by atoms with Crippen LogP contribution in [0.25, 0.3) is 0 Å². The van der Waals surface area contributed by atoms with Crippen LogP contribution in [0.15, 0.2) is 0 Å². The lowest BCUT2D eigenvalue weighted by molar-refractivity contribution is -0.355. The molecule has 1 unspecified atom stereocenters. The summed E-state index contributed by atoms with van der Waals surface area (Å²) in [5.41, 5.74) is -0.546. The summed E-state index contributed by atoms with van der Waals surface area (Å²) in [6.45, 7) is 2.04. The van der Waals surface area contributed by atoms with E-state index in [1.165, 1.54) is 6.42 Å². The van der Waals surface area contributed by atoms with Crippen molar-refractivity contribution in [1.82, 2.24) is 0 Å². The van der Waals surface area contributed by atoms with E-state index in [0.717, 1.165) is 57.8 Å². The molecule has 6 heteroatoms. The first kappa shape index (κ1) is 23.1. The van der Waals surface area contributed by atoms with Gasteiger partial charge >= 0.3 is 11.9 Å². The molecule has 6 nitrogen and oxygen atoms in total. The van der Waals surface area contributed by atoms with Crippen molar-refractivity contribution in [2.75, 3.05) is 21.3 Å². The van der Waals surface area contributed by atoms with Crippen molar-refractivity contribution in [2.45, 2.75) is 89.9 Å². The zero-order valence-corrected chi connectivity index (χ0v) is 16.9. The van der Waals surface area contributed by atoms with E-state index >= 15 is 0 Å². The Balaban J connectivity index is 2.14. The second-order valence-electron chi connectivity index (χ2n) is 7.24. The van der Waals surface area contributed by atoms with Gasteiger partial charge in [0, 0.05) is 27.8 Å². The Kier molecular flexibility index (Phi) is 10.4. The maximum atomic E-state index is 12.0. The van der Waals surface area contributed by atoms with E-state index in [9.17, 15) is 9.59 Å². The zero-order valence-electron chi connectivity index (χ0n) is 16.9. The van der Waals surface area contributed by atoms with Gasteiger partial charge < -0.3 is 18.9 Å². The van der Waals surface area contributed by atoms with Crippen LogP contribution in [0.5, 0.6) is 0 Å². The quantitative estimate of drug-likeness (QED) is 0.184.